The Balaban J connectivity index is 2.46. The molecule has 1 fully saturated rings. The molecule has 3 nitrogen and oxygen atoms in total. The number of carbonyl (C=O) groups is 1. The van der Waals surface area contributed by atoms with Gasteiger partial charge in [-0.2, -0.15) is 0 Å². The molecule has 0 aromatic carbocycles. The van der Waals surface area contributed by atoms with Crippen LogP contribution in [0.25, 0.3) is 0 Å². The fourth-order valence-corrected chi connectivity index (χ4v) is 2.15. The molecule has 3 heteroatoms. The number of ether oxygens (including phenoxy) is 1. The maximum absolute atomic E-state index is 11.2. The van der Waals surface area contributed by atoms with Crippen LogP contribution in [0, 0.1) is 0 Å². The highest BCUT2D eigenvalue weighted by molar-refractivity contribution is 5.70. The van der Waals surface area contributed by atoms with Gasteiger partial charge in [-0.1, -0.05) is 32.1 Å². The molecule has 0 radical (unpaired) electrons. The standard InChI is InChI=1S/C11H21NO2/c1-14-10(13)9-11(12)7-5-3-2-4-6-8-11/h2-9,12H2,1H3. The summed E-state index contributed by atoms with van der Waals surface area (Å²) < 4.78 is 4.67. The van der Waals surface area contributed by atoms with Crippen LogP contribution in [0.15, 0.2) is 0 Å². The van der Waals surface area contributed by atoms with Crippen LogP contribution < -0.4 is 5.73 Å². The number of hydrogen-bond donors (Lipinski definition) is 1. The van der Waals surface area contributed by atoms with Gasteiger partial charge in [0.25, 0.3) is 0 Å². The summed E-state index contributed by atoms with van der Waals surface area (Å²) in [6.07, 6.45) is 8.41. The van der Waals surface area contributed by atoms with Gasteiger partial charge < -0.3 is 10.5 Å². The van der Waals surface area contributed by atoms with Gasteiger partial charge in [0.2, 0.25) is 0 Å². The zero-order valence-corrected chi connectivity index (χ0v) is 9.05. The number of rotatable bonds is 2. The van der Waals surface area contributed by atoms with Gasteiger partial charge in [-0.3, -0.25) is 4.79 Å². The Bertz CT molecular complexity index is 184. The first-order valence-electron chi connectivity index (χ1n) is 5.52. The third-order valence-electron chi connectivity index (χ3n) is 3.07. The first kappa shape index (κ1) is 11.5. The average molecular weight is 199 g/mol. The highest BCUT2D eigenvalue weighted by Crippen LogP contribution is 2.27. The molecule has 0 amide bonds. The molecular formula is C11H21NO2. The van der Waals surface area contributed by atoms with Crippen molar-refractivity contribution >= 4 is 5.97 Å². The first-order chi connectivity index (χ1) is 6.66. The van der Waals surface area contributed by atoms with Crippen molar-refractivity contribution < 1.29 is 9.53 Å². The van der Waals surface area contributed by atoms with Gasteiger partial charge >= 0.3 is 5.97 Å². The van der Waals surface area contributed by atoms with Gasteiger partial charge in [0, 0.05) is 5.54 Å². The second-order valence-electron chi connectivity index (χ2n) is 4.38. The molecule has 0 saturated heterocycles. The van der Waals surface area contributed by atoms with E-state index in [0.29, 0.717) is 6.42 Å². The van der Waals surface area contributed by atoms with Crippen molar-refractivity contribution in [2.24, 2.45) is 5.73 Å². The molecule has 0 atom stereocenters. The fourth-order valence-electron chi connectivity index (χ4n) is 2.15. The van der Waals surface area contributed by atoms with Crippen molar-refractivity contribution in [2.75, 3.05) is 7.11 Å². The molecule has 2 N–H and O–H groups in total. The molecule has 82 valence electrons. The van der Waals surface area contributed by atoms with E-state index in [1.54, 1.807) is 0 Å². The van der Waals surface area contributed by atoms with E-state index >= 15 is 0 Å². The van der Waals surface area contributed by atoms with Crippen molar-refractivity contribution in [3.05, 3.63) is 0 Å². The quantitative estimate of drug-likeness (QED) is 0.692. The summed E-state index contributed by atoms with van der Waals surface area (Å²) in [6, 6.07) is 0. The molecule has 14 heavy (non-hydrogen) atoms. The molecule has 0 aromatic rings. The lowest BCUT2D eigenvalue weighted by molar-refractivity contribution is -0.142. The molecule has 1 aliphatic carbocycles. The number of carbonyl (C=O) groups excluding carboxylic acids is 1. The zero-order valence-electron chi connectivity index (χ0n) is 9.05. The van der Waals surface area contributed by atoms with Crippen molar-refractivity contribution in [3.63, 3.8) is 0 Å². The van der Waals surface area contributed by atoms with Crippen LogP contribution in [0.4, 0.5) is 0 Å². The van der Waals surface area contributed by atoms with Crippen LogP contribution in [0.3, 0.4) is 0 Å². The Morgan fingerprint density at radius 1 is 1.21 bits per heavy atom. The van der Waals surface area contributed by atoms with Crippen molar-refractivity contribution in [1.82, 2.24) is 0 Å². The summed E-state index contributed by atoms with van der Waals surface area (Å²) in [6.45, 7) is 0. The molecule has 0 unspecified atom stereocenters. The van der Waals surface area contributed by atoms with Gasteiger partial charge in [-0.15, -0.1) is 0 Å². The van der Waals surface area contributed by atoms with Crippen molar-refractivity contribution in [1.29, 1.82) is 0 Å². The number of hydrogen-bond acceptors (Lipinski definition) is 3. The van der Waals surface area contributed by atoms with Crippen molar-refractivity contribution in [2.45, 2.75) is 56.9 Å². The zero-order chi connectivity index (χ0) is 10.4. The summed E-state index contributed by atoms with van der Waals surface area (Å²) in [5.41, 5.74) is 5.91. The predicted octanol–water partition coefficient (Wildman–Crippen LogP) is 1.99. The summed E-state index contributed by atoms with van der Waals surface area (Å²) in [5, 5.41) is 0. The van der Waals surface area contributed by atoms with Gasteiger partial charge in [-0.25, -0.2) is 0 Å². The molecule has 0 bridgehead atoms. The molecule has 0 heterocycles. The maximum atomic E-state index is 11.2. The summed E-state index contributed by atoms with van der Waals surface area (Å²) >= 11 is 0. The Kier molecular flexibility index (Phi) is 4.39. The minimum absolute atomic E-state index is 0.173. The smallest absolute Gasteiger partial charge is 0.307 e. The van der Waals surface area contributed by atoms with Gasteiger partial charge in [-0.05, 0) is 12.8 Å². The molecule has 1 saturated carbocycles. The molecule has 0 aliphatic heterocycles. The molecule has 0 spiro atoms. The summed E-state index contributed by atoms with van der Waals surface area (Å²) in [7, 11) is 1.43. The van der Waals surface area contributed by atoms with Crippen LogP contribution in [0.5, 0.6) is 0 Å². The molecular weight excluding hydrogens is 178 g/mol. The third kappa shape index (κ3) is 3.66. The van der Waals surface area contributed by atoms with E-state index in [1.807, 2.05) is 0 Å². The van der Waals surface area contributed by atoms with Gasteiger partial charge in [0.05, 0.1) is 13.5 Å². The van der Waals surface area contributed by atoms with Gasteiger partial charge in [0.1, 0.15) is 0 Å². The monoisotopic (exact) mass is 199 g/mol. The van der Waals surface area contributed by atoms with Crippen LogP contribution in [0.2, 0.25) is 0 Å². The van der Waals surface area contributed by atoms with E-state index < -0.39 is 0 Å². The van der Waals surface area contributed by atoms with E-state index in [9.17, 15) is 4.79 Å². The first-order valence-corrected chi connectivity index (χ1v) is 5.52. The summed E-state index contributed by atoms with van der Waals surface area (Å²) in [5.74, 6) is -0.173. The average Bonchev–Trinajstić information content (AvgIpc) is 2.12. The second kappa shape index (κ2) is 5.35. The van der Waals surface area contributed by atoms with Crippen molar-refractivity contribution in [3.8, 4) is 0 Å². The minimum Gasteiger partial charge on any atom is -0.469 e. The van der Waals surface area contributed by atoms with Crippen LogP contribution >= 0.6 is 0 Å². The van der Waals surface area contributed by atoms with E-state index in [1.165, 1.54) is 26.4 Å². The lowest BCUT2D eigenvalue weighted by Crippen LogP contribution is -2.42. The van der Waals surface area contributed by atoms with Crippen LogP contribution in [0.1, 0.15) is 51.4 Å². The normalized spacial score (nSPS) is 22.1. The lowest BCUT2D eigenvalue weighted by Gasteiger charge is -2.30. The lowest BCUT2D eigenvalue weighted by atomic mass is 9.82. The van der Waals surface area contributed by atoms with E-state index in [2.05, 4.69) is 4.74 Å². The number of nitrogens with two attached hydrogens (primary N) is 1. The van der Waals surface area contributed by atoms with E-state index in [-0.39, 0.29) is 11.5 Å². The largest absolute Gasteiger partial charge is 0.469 e. The van der Waals surface area contributed by atoms with E-state index in [0.717, 1.165) is 25.7 Å². The predicted molar refractivity (Wildman–Crippen MR) is 55.9 cm³/mol. The van der Waals surface area contributed by atoms with Crippen LogP contribution in [-0.2, 0) is 9.53 Å². The molecule has 1 rings (SSSR count). The fraction of sp³-hybridized carbons (Fsp3) is 0.909. The Hall–Kier alpha value is -0.570. The van der Waals surface area contributed by atoms with Crippen LogP contribution in [-0.4, -0.2) is 18.6 Å². The number of esters is 1. The Labute approximate surface area is 86.0 Å². The molecule has 1 aliphatic rings. The minimum atomic E-state index is -0.298. The Morgan fingerprint density at radius 3 is 2.21 bits per heavy atom. The maximum Gasteiger partial charge on any atom is 0.307 e. The SMILES string of the molecule is COC(=O)CC1(N)CCCCCCC1. The summed E-state index contributed by atoms with van der Waals surface area (Å²) in [4.78, 5) is 11.2. The Morgan fingerprint density at radius 2 is 1.71 bits per heavy atom. The number of methoxy groups -OCH3 is 1. The van der Waals surface area contributed by atoms with E-state index in [4.69, 9.17) is 5.73 Å². The van der Waals surface area contributed by atoms with Gasteiger partial charge in [0.15, 0.2) is 0 Å². The third-order valence-corrected chi connectivity index (χ3v) is 3.07. The molecule has 0 aromatic heterocycles. The highest BCUT2D eigenvalue weighted by atomic mass is 16.5. The second-order valence-corrected chi connectivity index (χ2v) is 4.38. The highest BCUT2D eigenvalue weighted by Gasteiger charge is 2.28. The topological polar surface area (TPSA) is 52.3 Å².